The summed E-state index contributed by atoms with van der Waals surface area (Å²) in [5, 5.41) is 8.93. The van der Waals surface area contributed by atoms with Gasteiger partial charge in [0, 0.05) is 24.3 Å². The lowest BCUT2D eigenvalue weighted by molar-refractivity contribution is -0.119. The third-order valence-electron chi connectivity index (χ3n) is 3.46. The maximum absolute atomic E-state index is 12.0. The average Bonchev–Trinajstić information content (AvgIpc) is 2.94. The summed E-state index contributed by atoms with van der Waals surface area (Å²) in [7, 11) is 0. The lowest BCUT2D eigenvalue weighted by Crippen LogP contribution is -2.24. The van der Waals surface area contributed by atoms with Crippen LogP contribution in [0, 0.1) is 11.8 Å². The fourth-order valence-electron chi connectivity index (χ4n) is 2.34. The van der Waals surface area contributed by atoms with Crippen molar-refractivity contribution < 1.29 is 9.59 Å². The average molecular weight is 289 g/mol. The summed E-state index contributed by atoms with van der Waals surface area (Å²) in [6.07, 6.45) is 1.39. The SMILES string of the molecule is CC(C)CC(=O)Nc1ccc(NC(=O)C2CCNC2)cc1. The molecule has 2 rings (SSSR count). The van der Waals surface area contributed by atoms with Crippen molar-refractivity contribution in [3.63, 3.8) is 0 Å². The highest BCUT2D eigenvalue weighted by atomic mass is 16.2. The van der Waals surface area contributed by atoms with Gasteiger partial charge in [-0.3, -0.25) is 9.59 Å². The molecule has 1 aliphatic heterocycles. The zero-order chi connectivity index (χ0) is 15.2. The number of amides is 2. The number of hydrogen-bond acceptors (Lipinski definition) is 3. The summed E-state index contributed by atoms with van der Waals surface area (Å²) in [6.45, 7) is 5.67. The van der Waals surface area contributed by atoms with E-state index >= 15 is 0 Å². The molecule has 1 aliphatic rings. The first-order valence-electron chi connectivity index (χ1n) is 7.46. The number of anilines is 2. The van der Waals surface area contributed by atoms with Gasteiger partial charge in [-0.25, -0.2) is 0 Å². The Hall–Kier alpha value is -1.88. The van der Waals surface area contributed by atoms with Crippen molar-refractivity contribution in [3.8, 4) is 0 Å². The van der Waals surface area contributed by atoms with Gasteiger partial charge in [0.25, 0.3) is 0 Å². The summed E-state index contributed by atoms with van der Waals surface area (Å²) in [4.78, 5) is 23.6. The van der Waals surface area contributed by atoms with Crippen LogP contribution in [0.1, 0.15) is 26.7 Å². The molecule has 0 saturated carbocycles. The van der Waals surface area contributed by atoms with E-state index in [-0.39, 0.29) is 17.7 Å². The van der Waals surface area contributed by atoms with Crippen molar-refractivity contribution in [2.45, 2.75) is 26.7 Å². The first-order chi connectivity index (χ1) is 10.0. The Morgan fingerprint density at radius 3 is 2.33 bits per heavy atom. The lowest BCUT2D eigenvalue weighted by Gasteiger charge is -2.11. The zero-order valence-electron chi connectivity index (χ0n) is 12.6. The number of carbonyl (C=O) groups is 2. The van der Waals surface area contributed by atoms with E-state index in [1.165, 1.54) is 0 Å². The maximum atomic E-state index is 12.0. The van der Waals surface area contributed by atoms with Crippen LogP contribution in [0.15, 0.2) is 24.3 Å². The molecule has 21 heavy (non-hydrogen) atoms. The molecule has 0 radical (unpaired) electrons. The van der Waals surface area contributed by atoms with E-state index in [0.29, 0.717) is 12.3 Å². The second kappa shape index (κ2) is 7.22. The third-order valence-corrected chi connectivity index (χ3v) is 3.46. The predicted molar refractivity (Wildman–Crippen MR) is 84.1 cm³/mol. The minimum atomic E-state index is 0.0128. The van der Waals surface area contributed by atoms with Gasteiger partial charge >= 0.3 is 0 Å². The van der Waals surface area contributed by atoms with E-state index < -0.39 is 0 Å². The standard InChI is InChI=1S/C16H23N3O2/c1-11(2)9-15(20)18-13-3-5-14(6-4-13)19-16(21)12-7-8-17-10-12/h3-6,11-12,17H,7-10H2,1-2H3,(H,18,20)(H,19,21). The Labute approximate surface area is 125 Å². The summed E-state index contributed by atoms with van der Waals surface area (Å²) in [6, 6.07) is 7.23. The Balaban J connectivity index is 1.86. The van der Waals surface area contributed by atoms with Crippen LogP contribution in [0.25, 0.3) is 0 Å². The monoisotopic (exact) mass is 289 g/mol. The first-order valence-corrected chi connectivity index (χ1v) is 7.46. The molecule has 5 nitrogen and oxygen atoms in total. The second-order valence-electron chi connectivity index (χ2n) is 5.90. The summed E-state index contributed by atoms with van der Waals surface area (Å²) in [5.41, 5.74) is 1.51. The first kappa shape index (κ1) is 15.5. The number of hydrogen-bond donors (Lipinski definition) is 3. The molecule has 114 valence electrons. The van der Waals surface area contributed by atoms with Crippen LogP contribution < -0.4 is 16.0 Å². The van der Waals surface area contributed by atoms with Gasteiger partial charge < -0.3 is 16.0 Å². The van der Waals surface area contributed by atoms with Gasteiger partial charge in [-0.15, -0.1) is 0 Å². The largest absolute Gasteiger partial charge is 0.326 e. The highest BCUT2D eigenvalue weighted by Gasteiger charge is 2.22. The molecule has 1 heterocycles. The van der Waals surface area contributed by atoms with Crippen molar-refractivity contribution in [1.82, 2.24) is 5.32 Å². The van der Waals surface area contributed by atoms with E-state index in [0.717, 1.165) is 30.9 Å². The molecule has 1 atom stereocenters. The topological polar surface area (TPSA) is 70.2 Å². The highest BCUT2D eigenvalue weighted by Crippen LogP contribution is 2.16. The molecule has 1 unspecified atom stereocenters. The maximum Gasteiger partial charge on any atom is 0.228 e. The quantitative estimate of drug-likeness (QED) is 0.778. The van der Waals surface area contributed by atoms with Crippen molar-refractivity contribution in [1.29, 1.82) is 0 Å². The number of nitrogens with one attached hydrogen (secondary N) is 3. The van der Waals surface area contributed by atoms with Crippen LogP contribution >= 0.6 is 0 Å². The van der Waals surface area contributed by atoms with Crippen LogP contribution in [-0.4, -0.2) is 24.9 Å². The van der Waals surface area contributed by atoms with Gasteiger partial charge in [-0.1, -0.05) is 13.8 Å². The second-order valence-corrected chi connectivity index (χ2v) is 5.90. The molecule has 0 aliphatic carbocycles. The fourth-order valence-corrected chi connectivity index (χ4v) is 2.34. The van der Waals surface area contributed by atoms with Gasteiger partial charge in [0.1, 0.15) is 0 Å². The highest BCUT2D eigenvalue weighted by molar-refractivity contribution is 5.94. The fraction of sp³-hybridized carbons (Fsp3) is 0.500. The Kier molecular flexibility index (Phi) is 5.33. The Morgan fingerprint density at radius 2 is 1.81 bits per heavy atom. The van der Waals surface area contributed by atoms with Gasteiger partial charge in [-0.05, 0) is 43.1 Å². The molecule has 5 heteroatoms. The third kappa shape index (κ3) is 4.86. The minimum absolute atomic E-state index is 0.0128. The molecule has 1 fully saturated rings. The van der Waals surface area contributed by atoms with E-state index in [4.69, 9.17) is 0 Å². The molecule has 2 amide bonds. The van der Waals surface area contributed by atoms with Gasteiger partial charge in [0.05, 0.1) is 5.92 Å². The smallest absolute Gasteiger partial charge is 0.228 e. The van der Waals surface area contributed by atoms with Crippen molar-refractivity contribution >= 4 is 23.2 Å². The van der Waals surface area contributed by atoms with E-state index in [2.05, 4.69) is 16.0 Å². The van der Waals surface area contributed by atoms with Crippen molar-refractivity contribution in [3.05, 3.63) is 24.3 Å². The summed E-state index contributed by atoms with van der Waals surface area (Å²) < 4.78 is 0. The number of rotatable bonds is 5. The molecule has 1 aromatic rings. The molecule has 3 N–H and O–H groups in total. The predicted octanol–water partition coefficient (Wildman–Crippen LogP) is 2.22. The number of benzene rings is 1. The lowest BCUT2D eigenvalue weighted by atomic mass is 10.1. The van der Waals surface area contributed by atoms with Crippen LogP contribution in [0.5, 0.6) is 0 Å². The molecule has 0 bridgehead atoms. The van der Waals surface area contributed by atoms with Crippen LogP contribution in [-0.2, 0) is 9.59 Å². The minimum Gasteiger partial charge on any atom is -0.326 e. The van der Waals surface area contributed by atoms with E-state index in [1.807, 2.05) is 26.0 Å². The summed E-state index contributed by atoms with van der Waals surface area (Å²) >= 11 is 0. The Bertz CT molecular complexity index is 491. The van der Waals surface area contributed by atoms with Crippen LogP contribution in [0.2, 0.25) is 0 Å². The van der Waals surface area contributed by atoms with Gasteiger partial charge in [0.2, 0.25) is 11.8 Å². The Morgan fingerprint density at radius 1 is 1.19 bits per heavy atom. The molecule has 1 aromatic carbocycles. The van der Waals surface area contributed by atoms with Crippen LogP contribution in [0.3, 0.4) is 0 Å². The van der Waals surface area contributed by atoms with Gasteiger partial charge in [-0.2, -0.15) is 0 Å². The van der Waals surface area contributed by atoms with Crippen LogP contribution in [0.4, 0.5) is 11.4 Å². The number of carbonyl (C=O) groups excluding carboxylic acids is 2. The van der Waals surface area contributed by atoms with Crippen molar-refractivity contribution in [2.75, 3.05) is 23.7 Å². The van der Waals surface area contributed by atoms with E-state index in [1.54, 1.807) is 12.1 Å². The molecule has 1 saturated heterocycles. The molecular weight excluding hydrogens is 266 g/mol. The summed E-state index contributed by atoms with van der Waals surface area (Å²) in [5.74, 6) is 0.453. The molecule has 0 spiro atoms. The zero-order valence-corrected chi connectivity index (χ0v) is 12.6. The molecule has 0 aromatic heterocycles. The van der Waals surface area contributed by atoms with Gasteiger partial charge in [0.15, 0.2) is 0 Å². The van der Waals surface area contributed by atoms with Crippen molar-refractivity contribution in [2.24, 2.45) is 11.8 Å². The molecular formula is C16H23N3O2. The van der Waals surface area contributed by atoms with E-state index in [9.17, 15) is 9.59 Å². The normalized spacial score (nSPS) is 17.8.